The van der Waals surface area contributed by atoms with E-state index in [0.717, 1.165) is 6.07 Å². The van der Waals surface area contributed by atoms with E-state index in [1.807, 2.05) is 6.07 Å². The molecule has 0 spiro atoms. The Bertz CT molecular complexity index is 638. The van der Waals surface area contributed by atoms with E-state index < -0.39 is 11.6 Å². The number of rotatable bonds is 3. The zero-order chi connectivity index (χ0) is 13.8. The third-order valence-corrected chi connectivity index (χ3v) is 2.35. The molecule has 2 aromatic rings. The number of aromatic nitrogens is 4. The molecule has 0 bridgehead atoms. The molecule has 0 saturated carbocycles. The van der Waals surface area contributed by atoms with Gasteiger partial charge in [0.2, 0.25) is 5.82 Å². The number of anilines is 1. The molecular formula is C10H5ClF2N6. The number of halogens is 3. The highest BCUT2D eigenvalue weighted by atomic mass is 35.5. The molecule has 9 heteroatoms. The molecule has 0 aliphatic carbocycles. The van der Waals surface area contributed by atoms with Crippen molar-refractivity contribution in [2.24, 2.45) is 0 Å². The van der Waals surface area contributed by atoms with Crippen LogP contribution in [-0.2, 0) is 0 Å². The summed E-state index contributed by atoms with van der Waals surface area (Å²) >= 11 is 5.49. The lowest BCUT2D eigenvalue weighted by Crippen LogP contribution is -1.95. The number of hydrogen-bond donors (Lipinski definition) is 2. The summed E-state index contributed by atoms with van der Waals surface area (Å²) in [5.41, 5.74) is 0.245. The topological polar surface area (TPSA) is 90.3 Å². The van der Waals surface area contributed by atoms with Gasteiger partial charge in [-0.15, -0.1) is 10.2 Å². The number of nitrogens with one attached hydrogen (secondary N) is 2. The first-order valence-corrected chi connectivity index (χ1v) is 5.24. The van der Waals surface area contributed by atoms with Crippen LogP contribution in [0.5, 0.6) is 0 Å². The van der Waals surface area contributed by atoms with Crippen LogP contribution in [-0.4, -0.2) is 20.6 Å². The van der Waals surface area contributed by atoms with Gasteiger partial charge in [0.1, 0.15) is 11.6 Å². The van der Waals surface area contributed by atoms with Crippen LogP contribution in [0.25, 0.3) is 5.57 Å². The fraction of sp³-hybridized carbons (Fsp3) is 0. The molecule has 2 rings (SSSR count). The molecule has 0 amide bonds. The van der Waals surface area contributed by atoms with Gasteiger partial charge in [-0.3, -0.25) is 0 Å². The van der Waals surface area contributed by atoms with Crippen LogP contribution in [0.1, 0.15) is 5.82 Å². The normalized spacial score (nSPS) is 11.2. The maximum absolute atomic E-state index is 13.1. The van der Waals surface area contributed by atoms with Crippen LogP contribution >= 0.6 is 11.6 Å². The molecule has 0 fully saturated rings. The second-order valence-corrected chi connectivity index (χ2v) is 3.71. The zero-order valence-electron chi connectivity index (χ0n) is 9.15. The predicted molar refractivity (Wildman–Crippen MR) is 62.8 cm³/mol. The van der Waals surface area contributed by atoms with Gasteiger partial charge in [-0.05, 0) is 11.3 Å². The zero-order valence-corrected chi connectivity index (χ0v) is 9.91. The van der Waals surface area contributed by atoms with Gasteiger partial charge in [-0.1, -0.05) is 11.6 Å². The van der Waals surface area contributed by atoms with Crippen LogP contribution in [0.3, 0.4) is 0 Å². The van der Waals surface area contributed by atoms with Crippen LogP contribution < -0.4 is 5.32 Å². The number of nitrogens with zero attached hydrogens (tertiary/aromatic N) is 4. The minimum atomic E-state index is -1.13. The molecular weight excluding hydrogens is 278 g/mol. The quantitative estimate of drug-likeness (QED) is 0.664. The van der Waals surface area contributed by atoms with Crippen molar-refractivity contribution in [3.63, 3.8) is 0 Å². The van der Waals surface area contributed by atoms with E-state index in [9.17, 15) is 8.78 Å². The van der Waals surface area contributed by atoms with Crippen molar-refractivity contribution in [3.8, 4) is 6.07 Å². The summed E-state index contributed by atoms with van der Waals surface area (Å²) in [4.78, 5) is 0. The minimum Gasteiger partial charge on any atom is -0.360 e. The maximum Gasteiger partial charge on any atom is 0.216 e. The summed E-state index contributed by atoms with van der Waals surface area (Å²) in [5.74, 6) is -2.15. The van der Waals surface area contributed by atoms with Crippen molar-refractivity contribution in [1.82, 2.24) is 20.6 Å². The van der Waals surface area contributed by atoms with Crippen LogP contribution in [0.15, 0.2) is 18.3 Å². The average molecular weight is 283 g/mol. The number of allylic oxidation sites excluding steroid dienone is 1. The second-order valence-electron chi connectivity index (χ2n) is 3.30. The number of aromatic amines is 1. The smallest absolute Gasteiger partial charge is 0.216 e. The predicted octanol–water partition coefficient (Wildman–Crippen LogP) is 2.11. The highest BCUT2D eigenvalue weighted by Crippen LogP contribution is 2.23. The van der Waals surface area contributed by atoms with Gasteiger partial charge in [0.05, 0.1) is 5.02 Å². The largest absolute Gasteiger partial charge is 0.360 e. The Balaban J connectivity index is 2.25. The van der Waals surface area contributed by atoms with E-state index in [2.05, 4.69) is 25.9 Å². The first kappa shape index (κ1) is 12.9. The first-order chi connectivity index (χ1) is 9.11. The summed E-state index contributed by atoms with van der Waals surface area (Å²) in [6.45, 7) is 0. The number of H-pyrrole nitrogens is 1. The molecule has 19 heavy (non-hydrogen) atoms. The molecule has 0 atom stereocenters. The third-order valence-electron chi connectivity index (χ3n) is 2.07. The van der Waals surface area contributed by atoms with Crippen molar-refractivity contribution in [1.29, 1.82) is 5.26 Å². The SMILES string of the molecule is N#CC(=CNc1cc(F)c(F)c(Cl)c1)c1nn[nH]n1. The van der Waals surface area contributed by atoms with E-state index in [0.29, 0.717) is 0 Å². The van der Waals surface area contributed by atoms with Gasteiger partial charge in [0.15, 0.2) is 11.6 Å². The van der Waals surface area contributed by atoms with Gasteiger partial charge in [-0.2, -0.15) is 10.5 Å². The highest BCUT2D eigenvalue weighted by molar-refractivity contribution is 6.31. The Hall–Kier alpha value is -2.53. The molecule has 6 nitrogen and oxygen atoms in total. The minimum absolute atomic E-state index is 0.0644. The molecule has 0 saturated heterocycles. The number of hydrogen-bond acceptors (Lipinski definition) is 5. The van der Waals surface area contributed by atoms with Crippen molar-refractivity contribution >= 4 is 22.9 Å². The average Bonchev–Trinajstić information content (AvgIpc) is 2.90. The summed E-state index contributed by atoms with van der Waals surface area (Å²) in [6.07, 6.45) is 1.23. The third kappa shape index (κ3) is 2.83. The van der Waals surface area contributed by atoms with Gasteiger partial charge < -0.3 is 5.32 Å². The second kappa shape index (κ2) is 5.41. The Labute approximate surface area is 110 Å². The monoisotopic (exact) mass is 282 g/mol. The van der Waals surface area contributed by atoms with Crippen molar-refractivity contribution in [2.75, 3.05) is 5.32 Å². The van der Waals surface area contributed by atoms with Gasteiger partial charge >= 0.3 is 0 Å². The summed E-state index contributed by atoms with van der Waals surface area (Å²) in [5, 5.41) is 23.8. The van der Waals surface area contributed by atoms with Gasteiger partial charge in [-0.25, -0.2) is 8.78 Å². The Morgan fingerprint density at radius 1 is 1.47 bits per heavy atom. The maximum atomic E-state index is 13.1. The lowest BCUT2D eigenvalue weighted by molar-refractivity contribution is 0.509. The Morgan fingerprint density at radius 2 is 2.26 bits per heavy atom. The Morgan fingerprint density at radius 3 is 2.84 bits per heavy atom. The van der Waals surface area contributed by atoms with Gasteiger partial charge in [0, 0.05) is 18.0 Å². The summed E-state index contributed by atoms with van der Waals surface area (Å²) in [6, 6.07) is 3.92. The van der Waals surface area contributed by atoms with Crippen LogP contribution in [0.2, 0.25) is 5.02 Å². The van der Waals surface area contributed by atoms with E-state index >= 15 is 0 Å². The molecule has 1 aromatic carbocycles. The number of tetrazole rings is 1. The molecule has 96 valence electrons. The molecule has 1 heterocycles. The lowest BCUT2D eigenvalue weighted by atomic mass is 10.2. The van der Waals surface area contributed by atoms with E-state index in [1.54, 1.807) is 0 Å². The molecule has 0 radical (unpaired) electrons. The van der Waals surface area contributed by atoms with Crippen LogP contribution in [0.4, 0.5) is 14.5 Å². The molecule has 0 aliphatic rings. The first-order valence-electron chi connectivity index (χ1n) is 4.87. The van der Waals surface area contributed by atoms with E-state index in [1.165, 1.54) is 12.3 Å². The van der Waals surface area contributed by atoms with Crippen molar-refractivity contribution < 1.29 is 8.78 Å². The van der Waals surface area contributed by atoms with Crippen LogP contribution in [0, 0.1) is 23.0 Å². The molecule has 2 N–H and O–H groups in total. The fourth-order valence-corrected chi connectivity index (χ4v) is 1.42. The Kier molecular flexibility index (Phi) is 3.68. The van der Waals surface area contributed by atoms with E-state index in [4.69, 9.17) is 16.9 Å². The number of benzene rings is 1. The molecule has 1 aromatic heterocycles. The standard InChI is InChI=1S/C10H5ClF2N6/c11-7-1-6(2-8(12)9(7)13)15-4-5(3-14)10-16-18-19-17-10/h1-2,4,15H,(H,16,17,18,19). The van der Waals surface area contributed by atoms with Gasteiger partial charge in [0.25, 0.3) is 0 Å². The van der Waals surface area contributed by atoms with Crippen molar-refractivity contribution in [3.05, 3.63) is 40.8 Å². The molecule has 0 unspecified atom stereocenters. The van der Waals surface area contributed by atoms with Crippen molar-refractivity contribution in [2.45, 2.75) is 0 Å². The lowest BCUT2D eigenvalue weighted by Gasteiger charge is -2.03. The molecule has 0 aliphatic heterocycles. The summed E-state index contributed by atoms with van der Waals surface area (Å²) < 4.78 is 26.1. The van der Waals surface area contributed by atoms with E-state index in [-0.39, 0.29) is 22.1 Å². The highest BCUT2D eigenvalue weighted by Gasteiger charge is 2.09. The summed E-state index contributed by atoms with van der Waals surface area (Å²) in [7, 11) is 0. The fourth-order valence-electron chi connectivity index (χ4n) is 1.22. The number of nitriles is 1.